The highest BCUT2D eigenvalue weighted by molar-refractivity contribution is 7.99. The third kappa shape index (κ3) is 5.10. The minimum atomic E-state index is -0.325. The predicted molar refractivity (Wildman–Crippen MR) is 111 cm³/mol. The highest BCUT2D eigenvalue weighted by Gasteiger charge is 2.11. The number of aromatic nitrogens is 3. The number of halogens is 2. The number of nitrogens with one attached hydrogen (secondary N) is 1. The zero-order valence-electron chi connectivity index (χ0n) is 14.1. The molecule has 6 nitrogen and oxygen atoms in total. The Morgan fingerprint density at radius 2 is 2.07 bits per heavy atom. The van der Waals surface area contributed by atoms with Gasteiger partial charge in [-0.3, -0.25) is 9.59 Å². The lowest BCUT2D eigenvalue weighted by Crippen LogP contribution is -2.17. The summed E-state index contributed by atoms with van der Waals surface area (Å²) in [5.74, 6) is -0.103. The molecule has 1 N–H and O–H groups in total. The Bertz CT molecular complexity index is 1040. The van der Waals surface area contributed by atoms with Gasteiger partial charge in [0.25, 0.3) is 5.56 Å². The molecule has 0 bridgehead atoms. The molecule has 3 rings (SSSR count). The molecular formula is C17H14Cl2N4O2S2. The topological polar surface area (TPSA) is 76.9 Å². The van der Waals surface area contributed by atoms with Crippen molar-refractivity contribution in [3.05, 3.63) is 56.2 Å². The summed E-state index contributed by atoms with van der Waals surface area (Å²) < 4.78 is 1.81. The number of nitrogens with zero attached hydrogens (tertiary/aromatic N) is 3. The van der Waals surface area contributed by atoms with Crippen LogP contribution in [0.15, 0.2) is 45.8 Å². The number of amides is 1. The average Bonchev–Trinajstić information content (AvgIpc) is 3.11. The lowest BCUT2D eigenvalue weighted by molar-refractivity contribution is -0.113. The fourth-order valence-corrected chi connectivity index (χ4v) is 4.05. The summed E-state index contributed by atoms with van der Waals surface area (Å²) in [4.78, 5) is 31.9. The predicted octanol–water partition coefficient (Wildman–Crippen LogP) is 4.42. The molecule has 3 aromatic rings. The van der Waals surface area contributed by atoms with Crippen LogP contribution in [0, 0.1) is 0 Å². The van der Waals surface area contributed by atoms with Crippen LogP contribution in [0.25, 0.3) is 11.3 Å². The van der Waals surface area contributed by atoms with Crippen LogP contribution in [0.5, 0.6) is 0 Å². The molecule has 0 saturated heterocycles. The van der Waals surface area contributed by atoms with E-state index < -0.39 is 0 Å². The van der Waals surface area contributed by atoms with E-state index in [1.807, 2.05) is 22.9 Å². The highest BCUT2D eigenvalue weighted by atomic mass is 35.5. The Morgan fingerprint density at radius 1 is 1.26 bits per heavy atom. The van der Waals surface area contributed by atoms with Gasteiger partial charge in [-0.1, -0.05) is 41.0 Å². The summed E-state index contributed by atoms with van der Waals surface area (Å²) in [6.07, 6.45) is 1.67. The molecule has 0 spiro atoms. The van der Waals surface area contributed by atoms with Crippen LogP contribution in [0.1, 0.15) is 6.92 Å². The summed E-state index contributed by atoms with van der Waals surface area (Å²) in [5.41, 5.74) is 1.19. The van der Waals surface area contributed by atoms with Gasteiger partial charge in [0.1, 0.15) is 0 Å². The van der Waals surface area contributed by atoms with Gasteiger partial charge in [-0.25, -0.2) is 4.98 Å². The van der Waals surface area contributed by atoms with Crippen molar-refractivity contribution in [1.82, 2.24) is 14.5 Å². The fraction of sp³-hybridized carbons (Fsp3) is 0.176. The average molecular weight is 441 g/mol. The van der Waals surface area contributed by atoms with Crippen molar-refractivity contribution < 1.29 is 4.79 Å². The van der Waals surface area contributed by atoms with E-state index in [4.69, 9.17) is 23.2 Å². The van der Waals surface area contributed by atoms with Gasteiger partial charge in [0.05, 0.1) is 21.5 Å². The summed E-state index contributed by atoms with van der Waals surface area (Å²) in [5, 5.41) is 6.49. The van der Waals surface area contributed by atoms with Gasteiger partial charge in [0.15, 0.2) is 10.3 Å². The first-order valence-corrected chi connectivity index (χ1v) is 10.5. The molecule has 0 fully saturated rings. The molecule has 0 aliphatic heterocycles. The lowest BCUT2D eigenvalue weighted by Gasteiger charge is -2.08. The van der Waals surface area contributed by atoms with E-state index >= 15 is 0 Å². The number of thiazole rings is 1. The maximum absolute atomic E-state index is 12.2. The van der Waals surface area contributed by atoms with Crippen LogP contribution in [-0.4, -0.2) is 26.2 Å². The van der Waals surface area contributed by atoms with Crippen molar-refractivity contribution in [2.45, 2.75) is 18.6 Å². The number of thioether (sulfide) groups is 1. The first-order chi connectivity index (χ1) is 13.0. The van der Waals surface area contributed by atoms with Crippen molar-refractivity contribution in [1.29, 1.82) is 0 Å². The van der Waals surface area contributed by atoms with Gasteiger partial charge < -0.3 is 9.88 Å². The Morgan fingerprint density at radius 3 is 2.81 bits per heavy atom. The molecule has 10 heteroatoms. The van der Waals surface area contributed by atoms with Crippen molar-refractivity contribution in [2.75, 3.05) is 11.1 Å². The summed E-state index contributed by atoms with van der Waals surface area (Å²) in [7, 11) is 0. The molecule has 1 amide bonds. The SMILES string of the molecule is CCn1ccc(=O)nc1SCC(=O)Nc1nc(-c2ccc(Cl)c(Cl)c2)cs1. The maximum atomic E-state index is 12.2. The Labute approximate surface area is 173 Å². The van der Waals surface area contributed by atoms with Crippen molar-refractivity contribution in [2.24, 2.45) is 0 Å². The zero-order valence-corrected chi connectivity index (χ0v) is 17.3. The molecule has 0 aliphatic rings. The second kappa shape index (κ2) is 8.88. The number of rotatable bonds is 6. The second-order valence-electron chi connectivity index (χ2n) is 5.34. The van der Waals surface area contributed by atoms with Crippen LogP contribution in [0.2, 0.25) is 10.0 Å². The van der Waals surface area contributed by atoms with Crippen molar-refractivity contribution in [3.63, 3.8) is 0 Å². The number of carbonyl (C=O) groups is 1. The van der Waals surface area contributed by atoms with Gasteiger partial charge in [-0.2, -0.15) is 4.98 Å². The molecular weight excluding hydrogens is 427 g/mol. The number of aryl methyl sites for hydroxylation is 1. The van der Waals surface area contributed by atoms with Crippen LogP contribution in [0.4, 0.5) is 5.13 Å². The van der Waals surface area contributed by atoms with Gasteiger partial charge in [0, 0.05) is 29.8 Å². The minimum Gasteiger partial charge on any atom is -0.328 e. The third-order valence-corrected chi connectivity index (χ3v) is 5.97. The smallest absolute Gasteiger partial charge is 0.273 e. The van der Waals surface area contributed by atoms with Gasteiger partial charge in [-0.05, 0) is 19.1 Å². The van der Waals surface area contributed by atoms with Crippen LogP contribution < -0.4 is 10.9 Å². The second-order valence-corrected chi connectivity index (χ2v) is 7.95. The van der Waals surface area contributed by atoms with E-state index in [0.29, 0.717) is 32.6 Å². The quantitative estimate of drug-likeness (QED) is 0.453. The van der Waals surface area contributed by atoms with Gasteiger partial charge in [-0.15, -0.1) is 11.3 Å². The van der Waals surface area contributed by atoms with E-state index in [-0.39, 0.29) is 17.2 Å². The highest BCUT2D eigenvalue weighted by Crippen LogP contribution is 2.30. The summed E-state index contributed by atoms with van der Waals surface area (Å²) in [6, 6.07) is 6.64. The van der Waals surface area contributed by atoms with E-state index in [2.05, 4.69) is 15.3 Å². The zero-order chi connectivity index (χ0) is 19.4. The number of benzene rings is 1. The molecule has 0 radical (unpaired) electrons. The molecule has 0 atom stereocenters. The number of hydrogen-bond donors (Lipinski definition) is 1. The molecule has 2 heterocycles. The molecule has 27 heavy (non-hydrogen) atoms. The van der Waals surface area contributed by atoms with Gasteiger partial charge >= 0.3 is 0 Å². The number of carbonyl (C=O) groups excluding carboxylic acids is 1. The van der Waals surface area contributed by atoms with Gasteiger partial charge in [0.2, 0.25) is 5.91 Å². The normalized spacial score (nSPS) is 10.8. The minimum absolute atomic E-state index is 0.123. The van der Waals surface area contributed by atoms with E-state index in [1.54, 1.807) is 18.3 Å². The van der Waals surface area contributed by atoms with Crippen LogP contribution >= 0.6 is 46.3 Å². The standard InChI is InChI=1S/C17H14Cl2N4O2S2/c1-2-23-6-5-14(24)22-17(23)27-9-15(25)21-16-20-13(8-26-16)10-3-4-11(18)12(19)7-10/h3-8H,2,9H2,1H3,(H,20,21,25). The first-order valence-electron chi connectivity index (χ1n) is 7.87. The summed E-state index contributed by atoms with van der Waals surface area (Å²) in [6.45, 7) is 2.60. The molecule has 140 valence electrons. The molecule has 1 aromatic carbocycles. The van der Waals surface area contributed by atoms with E-state index in [1.165, 1.54) is 29.2 Å². The number of anilines is 1. The molecule has 0 saturated carbocycles. The molecule has 2 aromatic heterocycles. The lowest BCUT2D eigenvalue weighted by atomic mass is 10.2. The van der Waals surface area contributed by atoms with Crippen LogP contribution in [0.3, 0.4) is 0 Å². The Balaban J connectivity index is 1.63. The monoisotopic (exact) mass is 440 g/mol. The van der Waals surface area contributed by atoms with E-state index in [0.717, 1.165) is 5.56 Å². The Hall–Kier alpha value is -1.87. The molecule has 0 aliphatic carbocycles. The third-order valence-electron chi connectivity index (χ3n) is 3.49. The maximum Gasteiger partial charge on any atom is 0.273 e. The first kappa shape index (κ1) is 19.9. The Kier molecular flexibility index (Phi) is 6.54. The van der Waals surface area contributed by atoms with Crippen LogP contribution in [-0.2, 0) is 11.3 Å². The summed E-state index contributed by atoms with van der Waals surface area (Å²) >= 11 is 14.5. The van der Waals surface area contributed by atoms with Crippen molar-refractivity contribution in [3.8, 4) is 11.3 Å². The number of hydrogen-bond acceptors (Lipinski definition) is 6. The fourth-order valence-electron chi connectivity index (χ4n) is 2.17. The molecule has 0 unspecified atom stereocenters. The van der Waals surface area contributed by atoms with Crippen molar-refractivity contribution >= 4 is 57.3 Å². The van der Waals surface area contributed by atoms with E-state index in [9.17, 15) is 9.59 Å². The largest absolute Gasteiger partial charge is 0.328 e.